The number of aryl methyl sites for hydroxylation is 1. The van der Waals surface area contributed by atoms with Crippen LogP contribution in [0.15, 0.2) is 58.4 Å². The Balaban J connectivity index is 0.00000420. The van der Waals surface area contributed by atoms with E-state index in [2.05, 4.69) is 39.4 Å². The standard InChI is InChI=1S/C20H28N4O3S.HI/c1-16-6-4-5-7-18(16)15-23-20(21-2)22-14-17-8-10-19(11-9-17)28(25,26)24-12-13-27-3;/h4-11,24H,12-15H2,1-3H3,(H2,21,22,23);1H. The van der Waals surface area contributed by atoms with E-state index < -0.39 is 10.0 Å². The smallest absolute Gasteiger partial charge is 0.240 e. The summed E-state index contributed by atoms with van der Waals surface area (Å²) in [6.45, 7) is 3.86. The topological polar surface area (TPSA) is 91.8 Å². The van der Waals surface area contributed by atoms with Crippen LogP contribution >= 0.6 is 24.0 Å². The maximum atomic E-state index is 12.2. The highest BCUT2D eigenvalue weighted by atomic mass is 127. The number of nitrogens with one attached hydrogen (secondary N) is 3. The van der Waals surface area contributed by atoms with Gasteiger partial charge in [0.2, 0.25) is 10.0 Å². The van der Waals surface area contributed by atoms with Gasteiger partial charge < -0.3 is 15.4 Å². The summed E-state index contributed by atoms with van der Waals surface area (Å²) in [5, 5.41) is 6.52. The fourth-order valence-electron chi connectivity index (χ4n) is 2.54. The summed E-state index contributed by atoms with van der Waals surface area (Å²) >= 11 is 0. The number of methoxy groups -OCH3 is 1. The van der Waals surface area contributed by atoms with Gasteiger partial charge in [0.05, 0.1) is 11.5 Å². The number of rotatable bonds is 9. The van der Waals surface area contributed by atoms with Crippen molar-refractivity contribution in [1.82, 2.24) is 15.4 Å². The molecule has 0 radical (unpaired) electrons. The molecule has 0 bridgehead atoms. The molecule has 0 heterocycles. The molecular weight excluding hydrogens is 503 g/mol. The third-order valence-electron chi connectivity index (χ3n) is 4.22. The van der Waals surface area contributed by atoms with E-state index >= 15 is 0 Å². The van der Waals surface area contributed by atoms with Crippen LogP contribution in [0.2, 0.25) is 0 Å². The van der Waals surface area contributed by atoms with Crippen LogP contribution in [0.3, 0.4) is 0 Å². The van der Waals surface area contributed by atoms with Gasteiger partial charge in [-0.25, -0.2) is 13.1 Å². The lowest BCUT2D eigenvalue weighted by Crippen LogP contribution is -2.36. The SMILES string of the molecule is CN=C(NCc1ccc(S(=O)(=O)NCCOC)cc1)NCc1ccccc1C.I. The first-order chi connectivity index (χ1) is 13.5. The van der Waals surface area contributed by atoms with E-state index in [1.54, 1.807) is 31.3 Å². The Hall–Kier alpha value is -1.69. The van der Waals surface area contributed by atoms with Crippen molar-refractivity contribution in [2.45, 2.75) is 24.9 Å². The highest BCUT2D eigenvalue weighted by molar-refractivity contribution is 14.0. The Labute approximate surface area is 190 Å². The van der Waals surface area contributed by atoms with Crippen molar-refractivity contribution in [3.63, 3.8) is 0 Å². The summed E-state index contributed by atoms with van der Waals surface area (Å²) in [5.74, 6) is 0.682. The van der Waals surface area contributed by atoms with Gasteiger partial charge in [0.25, 0.3) is 0 Å². The van der Waals surface area contributed by atoms with E-state index in [1.165, 1.54) is 18.2 Å². The summed E-state index contributed by atoms with van der Waals surface area (Å²) in [5.41, 5.74) is 3.39. The number of sulfonamides is 1. The Kier molecular flexibility index (Phi) is 11.2. The molecule has 160 valence electrons. The van der Waals surface area contributed by atoms with Crippen molar-refractivity contribution >= 4 is 40.0 Å². The van der Waals surface area contributed by atoms with Gasteiger partial charge in [-0.2, -0.15) is 0 Å². The van der Waals surface area contributed by atoms with Crippen LogP contribution in [0.5, 0.6) is 0 Å². The Morgan fingerprint density at radius 2 is 1.69 bits per heavy atom. The minimum absolute atomic E-state index is 0. The lowest BCUT2D eigenvalue weighted by atomic mass is 10.1. The molecule has 3 N–H and O–H groups in total. The van der Waals surface area contributed by atoms with Crippen molar-refractivity contribution < 1.29 is 13.2 Å². The van der Waals surface area contributed by atoms with Gasteiger partial charge in [-0.15, -0.1) is 24.0 Å². The maximum absolute atomic E-state index is 12.2. The van der Waals surface area contributed by atoms with E-state index in [1.807, 2.05) is 12.1 Å². The van der Waals surface area contributed by atoms with Gasteiger partial charge in [-0.1, -0.05) is 36.4 Å². The normalized spacial score (nSPS) is 11.6. The highest BCUT2D eigenvalue weighted by Crippen LogP contribution is 2.10. The van der Waals surface area contributed by atoms with Crippen molar-refractivity contribution in [1.29, 1.82) is 0 Å². The van der Waals surface area contributed by atoms with Gasteiger partial charge in [0.15, 0.2) is 5.96 Å². The van der Waals surface area contributed by atoms with Crippen molar-refractivity contribution in [2.75, 3.05) is 27.3 Å². The molecule has 0 aromatic heterocycles. The fourth-order valence-corrected chi connectivity index (χ4v) is 3.55. The molecule has 0 fully saturated rings. The van der Waals surface area contributed by atoms with E-state index in [0.29, 0.717) is 25.7 Å². The van der Waals surface area contributed by atoms with Gasteiger partial charge >= 0.3 is 0 Å². The van der Waals surface area contributed by atoms with Crippen LogP contribution < -0.4 is 15.4 Å². The molecule has 9 heteroatoms. The maximum Gasteiger partial charge on any atom is 0.240 e. The predicted molar refractivity (Wildman–Crippen MR) is 127 cm³/mol. The van der Waals surface area contributed by atoms with Crippen molar-refractivity contribution in [3.05, 3.63) is 65.2 Å². The molecule has 2 aromatic carbocycles. The van der Waals surface area contributed by atoms with Gasteiger partial charge in [0.1, 0.15) is 0 Å². The minimum atomic E-state index is -3.52. The number of benzene rings is 2. The minimum Gasteiger partial charge on any atom is -0.383 e. The molecular formula is C20H29IN4O3S. The summed E-state index contributed by atoms with van der Waals surface area (Å²) < 4.78 is 31.7. The number of nitrogens with zero attached hydrogens (tertiary/aromatic N) is 1. The van der Waals surface area contributed by atoms with E-state index in [-0.39, 0.29) is 35.4 Å². The lowest BCUT2D eigenvalue weighted by molar-refractivity contribution is 0.204. The van der Waals surface area contributed by atoms with E-state index in [0.717, 1.165) is 5.56 Å². The summed E-state index contributed by atoms with van der Waals surface area (Å²) in [4.78, 5) is 4.45. The van der Waals surface area contributed by atoms with Gasteiger partial charge in [0, 0.05) is 33.8 Å². The van der Waals surface area contributed by atoms with Crippen LogP contribution in [0.1, 0.15) is 16.7 Å². The lowest BCUT2D eigenvalue weighted by Gasteiger charge is -2.13. The van der Waals surface area contributed by atoms with Crippen LogP contribution in [-0.4, -0.2) is 41.7 Å². The Bertz CT molecular complexity index is 887. The number of ether oxygens (including phenoxy) is 1. The van der Waals surface area contributed by atoms with E-state index in [9.17, 15) is 8.42 Å². The molecule has 0 aliphatic rings. The highest BCUT2D eigenvalue weighted by Gasteiger charge is 2.12. The third-order valence-corrected chi connectivity index (χ3v) is 5.70. The zero-order chi connectivity index (χ0) is 20.4. The fraction of sp³-hybridized carbons (Fsp3) is 0.350. The molecule has 29 heavy (non-hydrogen) atoms. The molecule has 0 saturated heterocycles. The largest absolute Gasteiger partial charge is 0.383 e. The van der Waals surface area contributed by atoms with Crippen molar-refractivity contribution in [3.8, 4) is 0 Å². The van der Waals surface area contributed by atoms with Crippen LogP contribution in [0.25, 0.3) is 0 Å². The number of aliphatic imine (C=N–C) groups is 1. The first-order valence-corrected chi connectivity index (χ1v) is 10.5. The number of hydrogen-bond acceptors (Lipinski definition) is 4. The molecule has 2 aromatic rings. The summed E-state index contributed by atoms with van der Waals surface area (Å²) in [6, 6.07) is 14.9. The average Bonchev–Trinajstić information content (AvgIpc) is 2.70. The van der Waals surface area contributed by atoms with Gasteiger partial charge in [-0.05, 0) is 35.7 Å². The second-order valence-electron chi connectivity index (χ2n) is 6.24. The molecule has 2 rings (SSSR count). The summed E-state index contributed by atoms with van der Waals surface area (Å²) in [6.07, 6.45) is 0. The molecule has 0 atom stereocenters. The average molecular weight is 532 g/mol. The second-order valence-corrected chi connectivity index (χ2v) is 8.01. The zero-order valence-electron chi connectivity index (χ0n) is 16.9. The second kappa shape index (κ2) is 12.8. The van der Waals surface area contributed by atoms with Crippen LogP contribution in [0.4, 0.5) is 0 Å². The molecule has 0 saturated carbocycles. The molecule has 0 spiro atoms. The molecule has 0 amide bonds. The first-order valence-electron chi connectivity index (χ1n) is 9.03. The zero-order valence-corrected chi connectivity index (χ0v) is 20.1. The molecule has 0 unspecified atom stereocenters. The quantitative estimate of drug-likeness (QED) is 0.200. The Morgan fingerprint density at radius 3 is 2.31 bits per heavy atom. The van der Waals surface area contributed by atoms with Crippen LogP contribution in [0, 0.1) is 6.92 Å². The number of halogens is 1. The predicted octanol–water partition coefficient (Wildman–Crippen LogP) is 2.40. The van der Waals surface area contributed by atoms with Crippen LogP contribution in [-0.2, 0) is 27.8 Å². The molecule has 7 nitrogen and oxygen atoms in total. The van der Waals surface area contributed by atoms with Gasteiger partial charge in [-0.3, -0.25) is 4.99 Å². The number of guanidine groups is 1. The first kappa shape index (κ1) is 25.3. The van der Waals surface area contributed by atoms with E-state index in [4.69, 9.17) is 4.74 Å². The monoisotopic (exact) mass is 532 g/mol. The molecule has 0 aliphatic carbocycles. The van der Waals surface area contributed by atoms with Crippen molar-refractivity contribution in [2.24, 2.45) is 4.99 Å². The third kappa shape index (κ3) is 8.29. The molecule has 0 aliphatic heterocycles. The number of hydrogen-bond donors (Lipinski definition) is 3. The Morgan fingerprint density at radius 1 is 1.03 bits per heavy atom. The summed E-state index contributed by atoms with van der Waals surface area (Å²) in [7, 11) is -0.271.